The van der Waals surface area contributed by atoms with Crippen LogP contribution in [-0.4, -0.2) is 33.6 Å². The molecule has 1 N–H and O–H groups in total. The molecule has 3 rings (SSSR count). The summed E-state index contributed by atoms with van der Waals surface area (Å²) in [5.74, 6) is 1.40. The van der Waals surface area contributed by atoms with E-state index in [9.17, 15) is 9.90 Å². The fourth-order valence-electron chi connectivity index (χ4n) is 2.85. The van der Waals surface area contributed by atoms with Gasteiger partial charge in [-0.05, 0) is 38.2 Å². The summed E-state index contributed by atoms with van der Waals surface area (Å²) in [6.07, 6.45) is 8.06. The molecule has 19 heavy (non-hydrogen) atoms. The van der Waals surface area contributed by atoms with Crippen molar-refractivity contribution < 1.29 is 9.90 Å². The van der Waals surface area contributed by atoms with E-state index < -0.39 is 12.0 Å². The molecule has 1 aromatic heterocycles. The third kappa shape index (κ3) is 2.41. The maximum atomic E-state index is 11.3. The van der Waals surface area contributed by atoms with Crippen molar-refractivity contribution in [1.82, 2.24) is 9.97 Å². The Morgan fingerprint density at radius 2 is 2.11 bits per heavy atom. The van der Waals surface area contributed by atoms with Crippen LogP contribution >= 0.6 is 0 Å². The number of anilines is 1. The van der Waals surface area contributed by atoms with Gasteiger partial charge in [-0.25, -0.2) is 14.8 Å². The van der Waals surface area contributed by atoms with Crippen LogP contribution in [-0.2, 0) is 4.79 Å². The van der Waals surface area contributed by atoms with Crippen molar-refractivity contribution in [2.45, 2.75) is 50.5 Å². The largest absolute Gasteiger partial charge is 0.480 e. The van der Waals surface area contributed by atoms with Crippen molar-refractivity contribution in [3.63, 3.8) is 0 Å². The Kier molecular flexibility index (Phi) is 3.36. The smallest absolute Gasteiger partial charge is 0.326 e. The minimum absolute atomic E-state index is 0.433. The van der Waals surface area contributed by atoms with Crippen LogP contribution in [0.1, 0.15) is 50.3 Å². The highest BCUT2D eigenvalue weighted by atomic mass is 16.4. The summed E-state index contributed by atoms with van der Waals surface area (Å²) in [6, 6.07) is 1.40. The van der Waals surface area contributed by atoms with E-state index in [0.717, 1.165) is 43.9 Å². The summed E-state index contributed by atoms with van der Waals surface area (Å²) in [6.45, 7) is 0.776. The Balaban J connectivity index is 1.84. The molecule has 1 saturated carbocycles. The van der Waals surface area contributed by atoms with Gasteiger partial charge in [0, 0.05) is 18.7 Å². The first-order valence-electron chi connectivity index (χ1n) is 7.08. The molecule has 1 aliphatic heterocycles. The minimum atomic E-state index is -0.747. The molecule has 1 aromatic rings. The first-order chi connectivity index (χ1) is 9.25. The van der Waals surface area contributed by atoms with Gasteiger partial charge in [0.25, 0.3) is 0 Å². The van der Waals surface area contributed by atoms with Crippen LogP contribution in [0.5, 0.6) is 0 Å². The molecule has 102 valence electrons. The van der Waals surface area contributed by atoms with E-state index in [1.54, 1.807) is 6.20 Å². The van der Waals surface area contributed by atoms with Crippen molar-refractivity contribution in [3.8, 4) is 0 Å². The second kappa shape index (κ2) is 5.15. The molecule has 5 nitrogen and oxygen atoms in total. The maximum absolute atomic E-state index is 11.3. The lowest BCUT2D eigenvalue weighted by molar-refractivity contribution is -0.139. The highest BCUT2D eigenvalue weighted by molar-refractivity contribution is 5.77. The average molecular weight is 261 g/mol. The van der Waals surface area contributed by atoms with Crippen LogP contribution in [0, 0.1) is 0 Å². The number of nitrogens with zero attached hydrogens (tertiary/aromatic N) is 3. The quantitative estimate of drug-likeness (QED) is 0.903. The number of aliphatic carboxylic acids is 1. The van der Waals surface area contributed by atoms with Crippen LogP contribution in [0.4, 0.5) is 5.82 Å². The Bertz CT molecular complexity index is 474. The third-order valence-corrected chi connectivity index (χ3v) is 4.21. The van der Waals surface area contributed by atoms with Crippen LogP contribution in [0.25, 0.3) is 0 Å². The van der Waals surface area contributed by atoms with Crippen LogP contribution in [0.3, 0.4) is 0 Å². The van der Waals surface area contributed by atoms with E-state index >= 15 is 0 Å². The summed E-state index contributed by atoms with van der Waals surface area (Å²) < 4.78 is 0. The molecular weight excluding hydrogens is 242 g/mol. The number of piperidine rings is 1. The third-order valence-electron chi connectivity index (χ3n) is 4.21. The molecule has 0 amide bonds. The molecule has 2 fully saturated rings. The normalized spacial score (nSPS) is 24.0. The zero-order chi connectivity index (χ0) is 13.2. The SMILES string of the molecule is O=C(O)C1CCCCN1c1ccnc(C2CCC2)n1. The van der Waals surface area contributed by atoms with Gasteiger partial charge < -0.3 is 10.0 Å². The predicted molar refractivity (Wildman–Crippen MR) is 71.2 cm³/mol. The van der Waals surface area contributed by atoms with Gasteiger partial charge in [0.2, 0.25) is 0 Å². The topological polar surface area (TPSA) is 66.3 Å². The molecule has 2 aliphatic rings. The van der Waals surface area contributed by atoms with Crippen molar-refractivity contribution in [1.29, 1.82) is 0 Å². The summed E-state index contributed by atoms with van der Waals surface area (Å²) in [4.78, 5) is 22.2. The van der Waals surface area contributed by atoms with Gasteiger partial charge in [-0.1, -0.05) is 6.42 Å². The van der Waals surface area contributed by atoms with Gasteiger partial charge in [0.1, 0.15) is 17.7 Å². The second-order valence-electron chi connectivity index (χ2n) is 5.44. The number of carboxylic acids is 1. The van der Waals surface area contributed by atoms with Crippen molar-refractivity contribution in [2.24, 2.45) is 0 Å². The summed E-state index contributed by atoms with van der Waals surface area (Å²) >= 11 is 0. The number of carboxylic acid groups (broad SMARTS) is 1. The molecule has 1 unspecified atom stereocenters. The Hall–Kier alpha value is -1.65. The van der Waals surface area contributed by atoms with E-state index in [2.05, 4.69) is 9.97 Å². The minimum Gasteiger partial charge on any atom is -0.480 e. The lowest BCUT2D eigenvalue weighted by atomic mass is 9.85. The molecule has 0 bridgehead atoms. The fraction of sp³-hybridized carbons (Fsp3) is 0.643. The highest BCUT2D eigenvalue weighted by Crippen LogP contribution is 2.35. The second-order valence-corrected chi connectivity index (χ2v) is 5.44. The van der Waals surface area contributed by atoms with Crippen LogP contribution < -0.4 is 4.90 Å². The van der Waals surface area contributed by atoms with E-state index in [-0.39, 0.29) is 0 Å². The highest BCUT2D eigenvalue weighted by Gasteiger charge is 2.30. The Morgan fingerprint density at radius 3 is 2.79 bits per heavy atom. The monoisotopic (exact) mass is 261 g/mol. The van der Waals surface area contributed by atoms with E-state index in [0.29, 0.717) is 12.3 Å². The van der Waals surface area contributed by atoms with Gasteiger partial charge in [-0.3, -0.25) is 0 Å². The lowest BCUT2D eigenvalue weighted by Crippen LogP contribution is -2.45. The molecule has 1 saturated heterocycles. The first kappa shape index (κ1) is 12.4. The molecule has 2 heterocycles. The van der Waals surface area contributed by atoms with Crippen molar-refractivity contribution >= 4 is 11.8 Å². The van der Waals surface area contributed by atoms with Gasteiger partial charge in [0.05, 0.1) is 0 Å². The molecule has 1 aliphatic carbocycles. The van der Waals surface area contributed by atoms with E-state index in [1.807, 2.05) is 11.0 Å². The first-order valence-corrected chi connectivity index (χ1v) is 7.08. The zero-order valence-corrected chi connectivity index (χ0v) is 11.0. The lowest BCUT2D eigenvalue weighted by Gasteiger charge is -2.34. The molecule has 0 spiro atoms. The fourth-order valence-corrected chi connectivity index (χ4v) is 2.85. The van der Waals surface area contributed by atoms with Crippen molar-refractivity contribution in [2.75, 3.05) is 11.4 Å². The predicted octanol–water partition coefficient (Wildman–Crippen LogP) is 2.19. The molecule has 0 aromatic carbocycles. The van der Waals surface area contributed by atoms with Gasteiger partial charge >= 0.3 is 5.97 Å². The van der Waals surface area contributed by atoms with Crippen molar-refractivity contribution in [3.05, 3.63) is 18.1 Å². The zero-order valence-electron chi connectivity index (χ0n) is 11.0. The number of carbonyl (C=O) groups is 1. The Morgan fingerprint density at radius 1 is 1.26 bits per heavy atom. The number of aromatic nitrogens is 2. The van der Waals surface area contributed by atoms with Crippen LogP contribution in [0.2, 0.25) is 0 Å². The average Bonchev–Trinajstić information content (AvgIpc) is 2.37. The number of rotatable bonds is 3. The molecule has 1 atom stereocenters. The molecule has 0 radical (unpaired) electrons. The standard InChI is InChI=1S/C14H19N3O2/c18-14(19)11-6-1-2-9-17(11)12-7-8-15-13(16-12)10-4-3-5-10/h7-8,10-11H,1-6,9H2,(H,18,19). The van der Waals surface area contributed by atoms with Crippen LogP contribution in [0.15, 0.2) is 12.3 Å². The van der Waals surface area contributed by atoms with Gasteiger partial charge in [-0.2, -0.15) is 0 Å². The Labute approximate surface area is 112 Å². The van der Waals surface area contributed by atoms with E-state index in [1.165, 1.54) is 6.42 Å². The van der Waals surface area contributed by atoms with Gasteiger partial charge in [-0.15, -0.1) is 0 Å². The maximum Gasteiger partial charge on any atom is 0.326 e. The van der Waals surface area contributed by atoms with Gasteiger partial charge in [0.15, 0.2) is 0 Å². The molecule has 5 heteroatoms. The summed E-state index contributed by atoms with van der Waals surface area (Å²) in [5, 5.41) is 9.32. The van der Waals surface area contributed by atoms with E-state index in [4.69, 9.17) is 0 Å². The molecular formula is C14H19N3O2. The number of hydrogen-bond acceptors (Lipinski definition) is 4. The summed E-state index contributed by atoms with van der Waals surface area (Å²) in [5.41, 5.74) is 0. The number of hydrogen-bond donors (Lipinski definition) is 1. The summed E-state index contributed by atoms with van der Waals surface area (Å²) in [7, 11) is 0.